The lowest BCUT2D eigenvalue weighted by molar-refractivity contribution is 0.0729. The summed E-state index contributed by atoms with van der Waals surface area (Å²) in [5.41, 5.74) is 1.70. The van der Waals surface area contributed by atoms with E-state index in [4.69, 9.17) is 9.47 Å². The van der Waals surface area contributed by atoms with E-state index in [1.165, 1.54) is 17.8 Å². The van der Waals surface area contributed by atoms with Crippen LogP contribution in [0.5, 0.6) is 11.5 Å². The van der Waals surface area contributed by atoms with Gasteiger partial charge in [0, 0.05) is 36.6 Å². The van der Waals surface area contributed by atoms with E-state index in [2.05, 4.69) is 0 Å². The first kappa shape index (κ1) is 19.5. The molecule has 29 heavy (non-hydrogen) atoms. The van der Waals surface area contributed by atoms with Crippen molar-refractivity contribution in [3.8, 4) is 22.6 Å². The molecule has 152 valence electrons. The number of carbonyl (C=O) groups is 1. The number of piperidine rings is 1. The van der Waals surface area contributed by atoms with Gasteiger partial charge in [0.05, 0.1) is 24.5 Å². The number of hydrogen-bond donors (Lipinski definition) is 0. The number of methoxy groups -OCH3 is 2. The van der Waals surface area contributed by atoms with Crippen molar-refractivity contribution in [1.82, 2.24) is 9.47 Å². The molecule has 3 aromatic rings. The Hall–Kier alpha value is -2.80. The van der Waals surface area contributed by atoms with Crippen LogP contribution in [0.2, 0.25) is 0 Å². The number of benzene rings is 1. The molecule has 1 aliphatic rings. The average molecular weight is 413 g/mol. The molecule has 7 heteroatoms. The summed E-state index contributed by atoms with van der Waals surface area (Å²) < 4.78 is 13.2. The quantitative estimate of drug-likeness (QED) is 0.652. The van der Waals surface area contributed by atoms with Crippen LogP contribution < -0.4 is 15.0 Å². The first-order valence-corrected chi connectivity index (χ1v) is 10.5. The molecule has 0 saturated carbocycles. The second-order valence-corrected chi connectivity index (χ2v) is 8.29. The predicted molar refractivity (Wildman–Crippen MR) is 115 cm³/mol. The summed E-state index contributed by atoms with van der Waals surface area (Å²) in [6.07, 6.45) is 5.06. The predicted octanol–water partition coefficient (Wildman–Crippen LogP) is 3.91. The van der Waals surface area contributed by atoms with Crippen LogP contribution in [-0.4, -0.2) is 42.7 Å². The zero-order chi connectivity index (χ0) is 20.5. The fourth-order valence-corrected chi connectivity index (χ4v) is 4.97. The molecule has 6 nitrogen and oxygen atoms in total. The molecule has 3 heterocycles. The van der Waals surface area contributed by atoms with Gasteiger partial charge < -0.3 is 18.9 Å². The molecular formula is C22H24N2O4S. The molecule has 0 aliphatic carbocycles. The lowest BCUT2D eigenvalue weighted by Crippen LogP contribution is -2.35. The Kier molecular flexibility index (Phi) is 5.32. The monoisotopic (exact) mass is 412 g/mol. The summed E-state index contributed by atoms with van der Waals surface area (Å²) in [6.45, 7) is 1.57. The average Bonchev–Trinajstić information content (AvgIpc) is 3.21. The van der Waals surface area contributed by atoms with Crippen LogP contribution in [0.3, 0.4) is 0 Å². The molecule has 1 saturated heterocycles. The third-order valence-electron chi connectivity index (χ3n) is 5.40. The zero-order valence-corrected chi connectivity index (χ0v) is 17.7. The number of carbonyl (C=O) groups excluding carboxylic acids is 1. The van der Waals surface area contributed by atoms with Gasteiger partial charge in [-0.1, -0.05) is 6.07 Å². The standard InChI is InChI=1S/C22H24N2O4S/c1-23-13-16(14-7-8-17(27-2)18(11-14)28-3)20-15(21(23)25)12-19(29-20)22(26)24-9-5-4-6-10-24/h7-8,11-13H,4-6,9-10H2,1-3H3. The molecule has 0 N–H and O–H groups in total. The van der Waals surface area contributed by atoms with Crippen molar-refractivity contribution in [2.75, 3.05) is 27.3 Å². The number of amides is 1. The maximum Gasteiger partial charge on any atom is 0.263 e. The molecule has 1 fully saturated rings. The van der Waals surface area contributed by atoms with Crippen LogP contribution in [-0.2, 0) is 7.05 Å². The van der Waals surface area contributed by atoms with E-state index in [0.29, 0.717) is 21.8 Å². The van der Waals surface area contributed by atoms with Crippen molar-refractivity contribution in [1.29, 1.82) is 0 Å². The first-order valence-electron chi connectivity index (χ1n) is 9.68. The van der Waals surface area contributed by atoms with E-state index < -0.39 is 0 Å². The van der Waals surface area contributed by atoms with Gasteiger partial charge in [0.25, 0.3) is 11.5 Å². The summed E-state index contributed by atoms with van der Waals surface area (Å²) in [5, 5.41) is 0.574. The van der Waals surface area contributed by atoms with Crippen LogP contribution in [0, 0.1) is 0 Å². The van der Waals surface area contributed by atoms with Crippen LogP contribution >= 0.6 is 11.3 Å². The van der Waals surface area contributed by atoms with Crippen LogP contribution in [0.15, 0.2) is 35.3 Å². The fourth-order valence-electron chi connectivity index (χ4n) is 3.82. The molecule has 1 aliphatic heterocycles. The van der Waals surface area contributed by atoms with Gasteiger partial charge in [-0.2, -0.15) is 0 Å². The van der Waals surface area contributed by atoms with Gasteiger partial charge in [0.1, 0.15) is 0 Å². The lowest BCUT2D eigenvalue weighted by Gasteiger charge is -2.26. The second kappa shape index (κ2) is 7.91. The van der Waals surface area contributed by atoms with Crippen molar-refractivity contribution in [3.05, 3.63) is 45.7 Å². The second-order valence-electron chi connectivity index (χ2n) is 7.23. The minimum Gasteiger partial charge on any atom is -0.493 e. The third-order valence-corrected chi connectivity index (χ3v) is 6.56. The Morgan fingerprint density at radius 3 is 2.45 bits per heavy atom. The van der Waals surface area contributed by atoms with Gasteiger partial charge in [-0.15, -0.1) is 11.3 Å². The zero-order valence-electron chi connectivity index (χ0n) is 16.9. The maximum atomic E-state index is 13.0. The molecule has 4 rings (SSSR count). The molecule has 1 amide bonds. The van der Waals surface area contributed by atoms with E-state index in [-0.39, 0.29) is 11.5 Å². The molecule has 0 radical (unpaired) electrons. The van der Waals surface area contributed by atoms with E-state index >= 15 is 0 Å². The molecule has 1 aromatic carbocycles. The maximum absolute atomic E-state index is 13.0. The van der Waals surface area contributed by atoms with Crippen molar-refractivity contribution in [2.24, 2.45) is 7.05 Å². The molecular weight excluding hydrogens is 388 g/mol. The first-order chi connectivity index (χ1) is 14.0. The van der Waals surface area contributed by atoms with Crippen LogP contribution in [0.4, 0.5) is 0 Å². The number of pyridine rings is 1. The Labute approximate surface area is 173 Å². The number of rotatable bonds is 4. The highest BCUT2D eigenvalue weighted by atomic mass is 32.1. The van der Waals surface area contributed by atoms with Crippen LogP contribution in [0.1, 0.15) is 28.9 Å². The van der Waals surface area contributed by atoms with Crippen molar-refractivity contribution in [2.45, 2.75) is 19.3 Å². The van der Waals surface area contributed by atoms with Crippen molar-refractivity contribution in [3.63, 3.8) is 0 Å². The highest BCUT2D eigenvalue weighted by molar-refractivity contribution is 7.21. The molecule has 0 bridgehead atoms. The number of hydrogen-bond acceptors (Lipinski definition) is 5. The smallest absolute Gasteiger partial charge is 0.263 e. The third kappa shape index (κ3) is 3.51. The summed E-state index contributed by atoms with van der Waals surface area (Å²) >= 11 is 1.39. The van der Waals surface area contributed by atoms with Gasteiger partial charge in [-0.25, -0.2) is 0 Å². The normalized spacial score (nSPS) is 14.2. The molecule has 0 spiro atoms. The number of ether oxygens (including phenoxy) is 2. The summed E-state index contributed by atoms with van der Waals surface area (Å²) in [5.74, 6) is 1.28. The highest BCUT2D eigenvalue weighted by Gasteiger charge is 2.22. The van der Waals surface area contributed by atoms with Gasteiger partial charge in [0.2, 0.25) is 0 Å². The van der Waals surface area contributed by atoms with Gasteiger partial charge in [0.15, 0.2) is 11.5 Å². The Balaban J connectivity index is 1.85. The SMILES string of the molecule is COc1ccc(-c2cn(C)c(=O)c3cc(C(=O)N4CCCCC4)sc23)cc1OC. The number of likely N-dealkylation sites (tertiary alicyclic amines) is 1. The Morgan fingerprint density at radius 2 is 1.76 bits per heavy atom. The Morgan fingerprint density at radius 1 is 1.03 bits per heavy atom. The van der Waals surface area contributed by atoms with E-state index in [1.807, 2.05) is 29.3 Å². The number of aromatic nitrogens is 1. The van der Waals surface area contributed by atoms with E-state index in [1.54, 1.807) is 31.9 Å². The topological polar surface area (TPSA) is 60.8 Å². The number of fused-ring (bicyclic) bond motifs is 1. The van der Waals surface area contributed by atoms with Gasteiger partial charge in [-0.05, 0) is 43.0 Å². The summed E-state index contributed by atoms with van der Waals surface area (Å²) in [4.78, 5) is 28.3. The van der Waals surface area contributed by atoms with Gasteiger partial charge in [-0.3, -0.25) is 9.59 Å². The largest absolute Gasteiger partial charge is 0.493 e. The lowest BCUT2D eigenvalue weighted by atomic mass is 10.1. The molecule has 0 atom stereocenters. The fraction of sp³-hybridized carbons (Fsp3) is 0.364. The van der Waals surface area contributed by atoms with E-state index in [9.17, 15) is 9.59 Å². The highest BCUT2D eigenvalue weighted by Crippen LogP contribution is 2.37. The van der Waals surface area contributed by atoms with Crippen LogP contribution in [0.25, 0.3) is 21.2 Å². The Bertz CT molecular complexity index is 1130. The molecule has 0 unspecified atom stereocenters. The van der Waals surface area contributed by atoms with Gasteiger partial charge >= 0.3 is 0 Å². The number of thiophene rings is 1. The van der Waals surface area contributed by atoms with Crippen molar-refractivity contribution >= 4 is 27.3 Å². The summed E-state index contributed by atoms with van der Waals surface area (Å²) in [6, 6.07) is 7.43. The van der Waals surface area contributed by atoms with Crippen molar-refractivity contribution < 1.29 is 14.3 Å². The minimum absolute atomic E-state index is 0.0196. The number of nitrogens with zero attached hydrogens (tertiary/aromatic N) is 2. The molecule has 2 aromatic heterocycles. The van der Waals surface area contributed by atoms with E-state index in [0.717, 1.165) is 41.8 Å². The summed E-state index contributed by atoms with van der Waals surface area (Å²) in [7, 11) is 4.92. The minimum atomic E-state index is -0.0989. The number of aryl methyl sites for hydroxylation is 1.